The van der Waals surface area contributed by atoms with Crippen molar-refractivity contribution >= 4 is 5.91 Å². The van der Waals surface area contributed by atoms with E-state index in [1.807, 2.05) is 6.08 Å². The van der Waals surface area contributed by atoms with Gasteiger partial charge in [-0.1, -0.05) is 132 Å². The topological polar surface area (TPSA) is 149 Å². The van der Waals surface area contributed by atoms with Crippen LogP contribution in [0.4, 0.5) is 0 Å². The third-order valence-corrected chi connectivity index (χ3v) is 8.85. The van der Waals surface area contributed by atoms with E-state index in [0.29, 0.717) is 6.42 Å². The van der Waals surface area contributed by atoms with Crippen molar-refractivity contribution in [2.75, 3.05) is 13.2 Å². The maximum absolute atomic E-state index is 12.8. The first-order chi connectivity index (χ1) is 24.3. The van der Waals surface area contributed by atoms with Crippen molar-refractivity contribution in [1.29, 1.82) is 0 Å². The molecule has 1 saturated heterocycles. The van der Waals surface area contributed by atoms with Gasteiger partial charge in [0.2, 0.25) is 5.91 Å². The standard InChI is InChI=1S/C41H71NO8/c1-3-5-7-9-11-13-14-15-16-17-18-19-20-21-22-23-25-27-29-31-37(45)42-34(35(44)30-28-26-24-12-10-8-6-4-2)33-49-41-40(48)39(47)38(46)36(32-43)50-41/h5,7,11,13,15-16,18-19,28,30,34-36,38-41,43-44,46-48H,3-4,6,8-10,12,14,17,20-27,29,31-33H2,1-2H3,(H,42,45)/b7-5-,13-11-,16-15-,19-18-,30-28+. The van der Waals surface area contributed by atoms with E-state index in [2.05, 4.69) is 67.8 Å². The minimum absolute atomic E-state index is 0.198. The lowest BCUT2D eigenvalue weighted by atomic mass is 9.99. The van der Waals surface area contributed by atoms with Crippen molar-refractivity contribution in [1.82, 2.24) is 5.32 Å². The van der Waals surface area contributed by atoms with Gasteiger partial charge in [0.1, 0.15) is 24.4 Å². The summed E-state index contributed by atoms with van der Waals surface area (Å²) in [7, 11) is 0. The predicted molar refractivity (Wildman–Crippen MR) is 202 cm³/mol. The second-order valence-corrected chi connectivity index (χ2v) is 13.3. The van der Waals surface area contributed by atoms with E-state index in [0.717, 1.165) is 89.9 Å². The zero-order chi connectivity index (χ0) is 36.7. The van der Waals surface area contributed by atoms with Crippen LogP contribution < -0.4 is 5.32 Å². The minimum atomic E-state index is -1.57. The highest BCUT2D eigenvalue weighted by Crippen LogP contribution is 2.22. The quantitative estimate of drug-likeness (QED) is 0.0350. The Hall–Kier alpha value is -2.11. The fraction of sp³-hybridized carbons (Fsp3) is 0.732. The summed E-state index contributed by atoms with van der Waals surface area (Å²) in [6, 6.07) is -0.811. The van der Waals surface area contributed by atoms with Gasteiger partial charge in [-0.3, -0.25) is 4.79 Å². The van der Waals surface area contributed by atoms with Crippen LogP contribution in [0.2, 0.25) is 0 Å². The number of aliphatic hydroxyl groups is 5. The molecule has 7 unspecified atom stereocenters. The first-order valence-corrected chi connectivity index (χ1v) is 19.5. The zero-order valence-corrected chi connectivity index (χ0v) is 31.1. The molecule has 1 amide bonds. The molecule has 9 heteroatoms. The van der Waals surface area contributed by atoms with Crippen molar-refractivity contribution in [2.24, 2.45) is 0 Å². The Bertz CT molecular complexity index is 962. The number of allylic oxidation sites excluding steroid dienone is 9. The van der Waals surface area contributed by atoms with Gasteiger partial charge >= 0.3 is 0 Å². The average molecular weight is 706 g/mol. The third-order valence-electron chi connectivity index (χ3n) is 8.85. The summed E-state index contributed by atoms with van der Waals surface area (Å²) in [5, 5.41) is 53.8. The second-order valence-electron chi connectivity index (χ2n) is 13.3. The SMILES string of the molecule is CC/C=C\C/C=C\C/C=C\C/C=C\CCCCCCCCC(=O)NC(COC1OC(CO)C(O)C(O)C1O)C(O)/C=C/CCCCCCCC. The van der Waals surface area contributed by atoms with Gasteiger partial charge in [-0.15, -0.1) is 0 Å². The largest absolute Gasteiger partial charge is 0.394 e. The summed E-state index contributed by atoms with van der Waals surface area (Å²) < 4.78 is 11.1. The molecular weight excluding hydrogens is 634 g/mol. The molecule has 1 heterocycles. The minimum Gasteiger partial charge on any atom is -0.394 e. The highest BCUT2D eigenvalue weighted by molar-refractivity contribution is 5.76. The summed E-state index contributed by atoms with van der Waals surface area (Å²) >= 11 is 0. The van der Waals surface area contributed by atoms with Crippen LogP contribution >= 0.6 is 0 Å². The molecule has 0 radical (unpaired) electrons. The molecule has 1 fully saturated rings. The lowest BCUT2D eigenvalue weighted by molar-refractivity contribution is -0.302. The Kier molecular flexibility index (Phi) is 29.0. The van der Waals surface area contributed by atoms with Gasteiger partial charge in [-0.05, 0) is 57.8 Å². The number of carbonyl (C=O) groups excluding carboxylic acids is 1. The first kappa shape index (κ1) is 45.9. The maximum Gasteiger partial charge on any atom is 0.220 e. The second kappa shape index (κ2) is 31.6. The van der Waals surface area contributed by atoms with Gasteiger partial charge in [0.15, 0.2) is 6.29 Å². The smallest absolute Gasteiger partial charge is 0.220 e. The fourth-order valence-electron chi connectivity index (χ4n) is 5.67. The highest BCUT2D eigenvalue weighted by atomic mass is 16.7. The van der Waals surface area contributed by atoms with Gasteiger partial charge < -0.3 is 40.3 Å². The number of ether oxygens (including phenoxy) is 2. The molecule has 7 atom stereocenters. The third kappa shape index (κ3) is 22.7. The first-order valence-electron chi connectivity index (χ1n) is 19.5. The van der Waals surface area contributed by atoms with E-state index >= 15 is 0 Å². The fourth-order valence-corrected chi connectivity index (χ4v) is 5.67. The van der Waals surface area contributed by atoms with Crippen molar-refractivity contribution in [3.05, 3.63) is 60.8 Å². The van der Waals surface area contributed by atoms with E-state index < -0.39 is 49.5 Å². The Morgan fingerprint density at radius 1 is 0.700 bits per heavy atom. The number of hydrogen-bond acceptors (Lipinski definition) is 8. The number of unbranched alkanes of at least 4 members (excludes halogenated alkanes) is 12. The molecule has 1 rings (SSSR count). The molecule has 50 heavy (non-hydrogen) atoms. The Morgan fingerprint density at radius 2 is 1.24 bits per heavy atom. The monoisotopic (exact) mass is 706 g/mol. The molecule has 0 saturated carbocycles. The molecule has 1 aliphatic heterocycles. The Balaban J connectivity index is 2.38. The van der Waals surface area contributed by atoms with Gasteiger partial charge in [-0.2, -0.15) is 0 Å². The molecule has 0 aromatic carbocycles. The van der Waals surface area contributed by atoms with Crippen molar-refractivity contribution in [3.8, 4) is 0 Å². The van der Waals surface area contributed by atoms with Crippen LogP contribution in [0, 0.1) is 0 Å². The molecule has 0 bridgehead atoms. The summed E-state index contributed by atoms with van der Waals surface area (Å²) in [4.78, 5) is 12.8. The molecule has 0 aromatic rings. The van der Waals surface area contributed by atoms with E-state index in [4.69, 9.17) is 9.47 Å². The number of amides is 1. The lowest BCUT2D eigenvalue weighted by Crippen LogP contribution is -2.60. The number of rotatable bonds is 30. The molecule has 288 valence electrons. The van der Waals surface area contributed by atoms with Crippen LogP contribution in [0.1, 0.15) is 136 Å². The van der Waals surface area contributed by atoms with Crippen molar-refractivity contribution < 1.29 is 39.8 Å². The molecular formula is C41H71NO8. The van der Waals surface area contributed by atoms with Crippen molar-refractivity contribution in [2.45, 2.75) is 179 Å². The predicted octanol–water partition coefficient (Wildman–Crippen LogP) is 6.88. The number of hydrogen-bond donors (Lipinski definition) is 6. The van der Waals surface area contributed by atoms with E-state index in [1.54, 1.807) is 6.08 Å². The Labute approximate surface area is 303 Å². The number of aliphatic hydroxyl groups excluding tert-OH is 5. The van der Waals surface area contributed by atoms with Gasteiger partial charge in [0.05, 0.1) is 25.4 Å². The van der Waals surface area contributed by atoms with Crippen LogP contribution in [-0.4, -0.2) is 87.5 Å². The highest BCUT2D eigenvalue weighted by Gasteiger charge is 2.44. The molecule has 6 N–H and O–H groups in total. The number of nitrogens with one attached hydrogen (secondary N) is 1. The van der Waals surface area contributed by atoms with Crippen LogP contribution in [-0.2, 0) is 14.3 Å². The summed E-state index contributed by atoms with van der Waals surface area (Å²) in [5.41, 5.74) is 0. The van der Waals surface area contributed by atoms with Gasteiger partial charge in [0.25, 0.3) is 0 Å². The van der Waals surface area contributed by atoms with Crippen molar-refractivity contribution in [3.63, 3.8) is 0 Å². The van der Waals surface area contributed by atoms with Gasteiger partial charge in [-0.25, -0.2) is 0 Å². The molecule has 9 nitrogen and oxygen atoms in total. The molecule has 1 aliphatic rings. The normalized spacial score (nSPS) is 22.9. The Morgan fingerprint density at radius 3 is 1.84 bits per heavy atom. The zero-order valence-electron chi connectivity index (χ0n) is 31.1. The molecule has 0 aromatic heterocycles. The summed E-state index contributed by atoms with van der Waals surface area (Å²) in [5.74, 6) is -0.199. The molecule has 0 spiro atoms. The van der Waals surface area contributed by atoms with Crippen LogP contribution in [0.15, 0.2) is 60.8 Å². The van der Waals surface area contributed by atoms with E-state index in [-0.39, 0.29) is 12.5 Å². The van der Waals surface area contributed by atoms with E-state index in [1.165, 1.54) is 25.7 Å². The molecule has 0 aliphatic carbocycles. The van der Waals surface area contributed by atoms with E-state index in [9.17, 15) is 30.3 Å². The summed E-state index contributed by atoms with van der Waals surface area (Å²) in [6.07, 6.45) is 32.7. The summed E-state index contributed by atoms with van der Waals surface area (Å²) in [6.45, 7) is 3.57. The van der Waals surface area contributed by atoms with Crippen LogP contribution in [0.25, 0.3) is 0 Å². The van der Waals surface area contributed by atoms with Gasteiger partial charge in [0, 0.05) is 6.42 Å². The van der Waals surface area contributed by atoms with Crippen LogP contribution in [0.3, 0.4) is 0 Å². The lowest BCUT2D eigenvalue weighted by Gasteiger charge is -2.40. The van der Waals surface area contributed by atoms with Crippen LogP contribution in [0.5, 0.6) is 0 Å². The maximum atomic E-state index is 12.8. The average Bonchev–Trinajstić information content (AvgIpc) is 3.11. The number of carbonyl (C=O) groups is 1.